The van der Waals surface area contributed by atoms with Gasteiger partial charge in [0.25, 0.3) is 0 Å². The molecule has 0 saturated heterocycles. The minimum atomic E-state index is -0.578. The van der Waals surface area contributed by atoms with Crippen molar-refractivity contribution in [3.8, 4) is 0 Å². The molecule has 144 valence electrons. The van der Waals surface area contributed by atoms with E-state index in [-0.39, 0.29) is 21.1 Å². The predicted octanol–water partition coefficient (Wildman–Crippen LogP) is 3.29. The molecule has 0 radical (unpaired) electrons. The summed E-state index contributed by atoms with van der Waals surface area (Å²) >= 11 is 0. The van der Waals surface area contributed by atoms with Crippen LogP contribution in [0.15, 0.2) is 48.6 Å². The number of esters is 2. The van der Waals surface area contributed by atoms with E-state index in [1.165, 1.54) is 14.2 Å². The largest absolute Gasteiger partial charge is 0.466 e. The summed E-state index contributed by atoms with van der Waals surface area (Å²) in [7, 11) is 2.45. The normalized spacial score (nSPS) is 10.1. The van der Waals surface area contributed by atoms with Crippen LogP contribution in [-0.4, -0.2) is 36.1 Å². The molecule has 0 aliphatic rings. The molecule has 2 aromatic heterocycles. The van der Waals surface area contributed by atoms with Crippen molar-refractivity contribution in [2.24, 2.45) is 0 Å². The summed E-state index contributed by atoms with van der Waals surface area (Å²) < 4.78 is 8.42. The van der Waals surface area contributed by atoms with E-state index in [1.807, 2.05) is 26.0 Å². The van der Waals surface area contributed by atoms with Crippen LogP contribution in [-0.2, 0) is 40.1 Å². The van der Waals surface area contributed by atoms with E-state index < -0.39 is 11.9 Å². The minimum Gasteiger partial charge on any atom is -0.466 e. The van der Waals surface area contributed by atoms with Crippen molar-refractivity contribution in [1.29, 1.82) is 0 Å². The smallest absolute Gasteiger partial charge is 0.330 e. The number of pyridine rings is 2. The number of hydrogen-bond acceptors (Lipinski definition) is 6. The molecule has 27 heavy (non-hydrogen) atoms. The van der Waals surface area contributed by atoms with Crippen LogP contribution in [0.25, 0.3) is 21.8 Å². The summed E-state index contributed by atoms with van der Waals surface area (Å²) in [6, 6.07) is 12.5. The van der Waals surface area contributed by atoms with Gasteiger partial charge in [0, 0.05) is 55.4 Å². The number of aryl methyl sites for hydroxylation is 2. The van der Waals surface area contributed by atoms with Gasteiger partial charge in [-0.25, -0.2) is 9.59 Å². The molecule has 0 spiro atoms. The molecular formula is C20H20N2O4Pt. The van der Waals surface area contributed by atoms with E-state index in [0.29, 0.717) is 0 Å². The number of rotatable bonds is 2. The number of aromatic nitrogens is 2. The van der Waals surface area contributed by atoms with Crippen molar-refractivity contribution < 1.29 is 40.1 Å². The molecule has 0 amide bonds. The molecule has 7 heteroatoms. The molecule has 0 atom stereocenters. The molecule has 3 rings (SSSR count). The third-order valence-electron chi connectivity index (χ3n) is 3.56. The van der Waals surface area contributed by atoms with Crippen molar-refractivity contribution in [2.45, 2.75) is 13.8 Å². The molecule has 0 saturated carbocycles. The van der Waals surface area contributed by atoms with Crippen LogP contribution in [0.4, 0.5) is 0 Å². The maximum Gasteiger partial charge on any atom is 0.330 e. The van der Waals surface area contributed by atoms with Crippen molar-refractivity contribution in [3.63, 3.8) is 0 Å². The van der Waals surface area contributed by atoms with Gasteiger partial charge in [-0.1, -0.05) is 24.3 Å². The molecule has 1 aromatic carbocycles. The van der Waals surface area contributed by atoms with Gasteiger partial charge in [0.2, 0.25) is 0 Å². The Kier molecular flexibility index (Phi) is 8.76. The van der Waals surface area contributed by atoms with Gasteiger partial charge in [-0.2, -0.15) is 0 Å². The molecule has 0 aliphatic heterocycles. The summed E-state index contributed by atoms with van der Waals surface area (Å²) in [5, 5.41) is 2.30. The zero-order chi connectivity index (χ0) is 19.1. The number of ether oxygens (including phenoxy) is 2. The molecule has 2 heterocycles. The van der Waals surface area contributed by atoms with Gasteiger partial charge < -0.3 is 9.47 Å². The Hall–Kier alpha value is -2.59. The Morgan fingerprint density at radius 2 is 1.07 bits per heavy atom. The standard InChI is InChI=1S/C14H12N2.C6H8O4.Pt/c1-9-3-5-11-7-8-12-6-4-10(2)16-14(12)13(11)15-9;1-9-5(7)3-4-6(8)10-2;/h3-8H,1-2H3;3-4H,1-2H3;. The van der Waals surface area contributed by atoms with E-state index in [1.54, 1.807) is 0 Å². The van der Waals surface area contributed by atoms with Gasteiger partial charge in [-0.05, 0) is 26.0 Å². The third-order valence-corrected chi connectivity index (χ3v) is 3.56. The molecule has 0 unspecified atom stereocenters. The van der Waals surface area contributed by atoms with Gasteiger partial charge in [0.15, 0.2) is 0 Å². The predicted molar refractivity (Wildman–Crippen MR) is 99.7 cm³/mol. The Balaban J connectivity index is 0.000000292. The third kappa shape index (κ3) is 6.26. The first-order chi connectivity index (χ1) is 12.4. The monoisotopic (exact) mass is 547 g/mol. The van der Waals surface area contributed by atoms with Gasteiger partial charge in [-0.15, -0.1) is 0 Å². The average molecular weight is 547 g/mol. The zero-order valence-electron chi connectivity index (χ0n) is 15.5. The molecule has 6 nitrogen and oxygen atoms in total. The summed E-state index contributed by atoms with van der Waals surface area (Å²) in [5.41, 5.74) is 4.06. The Morgan fingerprint density at radius 1 is 0.741 bits per heavy atom. The Bertz CT molecular complexity index is 908. The van der Waals surface area contributed by atoms with Crippen molar-refractivity contribution in [1.82, 2.24) is 9.97 Å². The van der Waals surface area contributed by atoms with E-state index in [4.69, 9.17) is 0 Å². The fourth-order valence-electron chi connectivity index (χ4n) is 2.24. The maximum absolute atomic E-state index is 10.3. The van der Waals surface area contributed by atoms with Gasteiger partial charge >= 0.3 is 11.9 Å². The van der Waals surface area contributed by atoms with E-state index >= 15 is 0 Å². The Morgan fingerprint density at radius 3 is 1.41 bits per heavy atom. The maximum atomic E-state index is 10.3. The van der Waals surface area contributed by atoms with E-state index in [2.05, 4.69) is 43.7 Å². The fraction of sp³-hybridized carbons (Fsp3) is 0.200. The van der Waals surface area contributed by atoms with Gasteiger partial charge in [0.05, 0.1) is 25.3 Å². The van der Waals surface area contributed by atoms with Crippen molar-refractivity contribution >= 4 is 33.7 Å². The molecule has 0 aliphatic carbocycles. The second-order valence-electron chi connectivity index (χ2n) is 5.49. The first-order valence-corrected chi connectivity index (χ1v) is 7.92. The number of carbonyl (C=O) groups excluding carboxylic acids is 2. The minimum absolute atomic E-state index is 0. The topological polar surface area (TPSA) is 78.4 Å². The zero-order valence-corrected chi connectivity index (χ0v) is 17.7. The SMILES string of the molecule is COC(=O)C=CC(=O)OC.Cc1ccc2ccc3ccc(C)nc3c2n1.[Pt]. The van der Waals surface area contributed by atoms with Crippen LogP contribution in [0.1, 0.15) is 11.4 Å². The number of hydrogen-bond donors (Lipinski definition) is 0. The summed E-state index contributed by atoms with van der Waals surface area (Å²) in [6.07, 6.45) is 1.98. The number of carbonyl (C=O) groups is 2. The summed E-state index contributed by atoms with van der Waals surface area (Å²) in [6.45, 7) is 4.02. The van der Waals surface area contributed by atoms with Crippen LogP contribution in [0.2, 0.25) is 0 Å². The molecule has 0 fully saturated rings. The second kappa shape index (κ2) is 10.5. The van der Waals surface area contributed by atoms with Crippen LogP contribution in [0.5, 0.6) is 0 Å². The van der Waals surface area contributed by atoms with E-state index in [9.17, 15) is 9.59 Å². The number of methoxy groups -OCH3 is 2. The van der Waals surface area contributed by atoms with Crippen molar-refractivity contribution in [2.75, 3.05) is 14.2 Å². The summed E-state index contributed by atoms with van der Waals surface area (Å²) in [4.78, 5) is 29.8. The fourth-order valence-corrected chi connectivity index (χ4v) is 2.24. The van der Waals surface area contributed by atoms with Gasteiger partial charge in [0.1, 0.15) is 0 Å². The molecular weight excluding hydrogens is 527 g/mol. The molecule has 3 aromatic rings. The molecule has 0 N–H and O–H groups in total. The Labute approximate surface area is 171 Å². The number of nitrogens with zero attached hydrogens (tertiary/aromatic N) is 2. The first-order valence-electron chi connectivity index (χ1n) is 7.92. The average Bonchev–Trinajstić information content (AvgIpc) is 2.66. The quantitative estimate of drug-likeness (QED) is 0.279. The van der Waals surface area contributed by atoms with Crippen LogP contribution in [0, 0.1) is 13.8 Å². The number of fused-ring (bicyclic) bond motifs is 3. The van der Waals surface area contributed by atoms with E-state index in [0.717, 1.165) is 45.3 Å². The van der Waals surface area contributed by atoms with Crippen LogP contribution < -0.4 is 0 Å². The van der Waals surface area contributed by atoms with Gasteiger partial charge in [-0.3, -0.25) is 9.97 Å². The molecule has 0 bridgehead atoms. The summed E-state index contributed by atoms with van der Waals surface area (Å²) in [5.74, 6) is -1.16. The van der Waals surface area contributed by atoms with Crippen molar-refractivity contribution in [3.05, 3.63) is 59.9 Å². The van der Waals surface area contributed by atoms with Crippen LogP contribution >= 0.6 is 0 Å². The van der Waals surface area contributed by atoms with Crippen LogP contribution in [0.3, 0.4) is 0 Å². The number of benzene rings is 1. The second-order valence-corrected chi connectivity index (χ2v) is 5.49. The first kappa shape index (κ1) is 22.4.